The highest BCUT2D eigenvalue weighted by atomic mass is 16.6. The lowest BCUT2D eigenvalue weighted by atomic mass is 9.86. The molecule has 0 saturated carbocycles. The Morgan fingerprint density at radius 2 is 1.62 bits per heavy atom. The highest BCUT2D eigenvalue weighted by molar-refractivity contribution is 5.92. The van der Waals surface area contributed by atoms with Crippen LogP contribution in [0.4, 0.5) is 5.69 Å². The van der Waals surface area contributed by atoms with Gasteiger partial charge in [0.1, 0.15) is 17.2 Å². The average molecular weight is 827 g/mol. The van der Waals surface area contributed by atoms with E-state index in [0.717, 1.165) is 38.0 Å². The maximum Gasteiger partial charge on any atom is 0.347 e. The number of aliphatic hydroxyl groups is 2. The van der Waals surface area contributed by atoms with E-state index < -0.39 is 23.6 Å². The van der Waals surface area contributed by atoms with Crippen LogP contribution in [0.25, 0.3) is 10.9 Å². The summed E-state index contributed by atoms with van der Waals surface area (Å²) in [6.45, 7) is 3.00. The zero-order valence-corrected chi connectivity index (χ0v) is 33.9. The Bertz CT molecular complexity index is 2490. The molecule has 1 aromatic heterocycles. The van der Waals surface area contributed by atoms with Crippen molar-refractivity contribution >= 4 is 28.5 Å². The first-order chi connectivity index (χ1) is 29.6. The quantitative estimate of drug-likeness (QED) is 0.0614. The average Bonchev–Trinajstić information content (AvgIpc) is 3.29. The van der Waals surface area contributed by atoms with Crippen LogP contribution in [0, 0.1) is 5.92 Å². The second kappa shape index (κ2) is 19.7. The van der Waals surface area contributed by atoms with Crippen LogP contribution in [0.2, 0.25) is 0 Å². The number of aromatic hydroxyl groups is 1. The highest BCUT2D eigenvalue weighted by Crippen LogP contribution is 2.34. The van der Waals surface area contributed by atoms with E-state index in [-0.39, 0.29) is 53.8 Å². The molecule has 316 valence electrons. The maximum atomic E-state index is 13.9. The van der Waals surface area contributed by atoms with Gasteiger partial charge in [-0.1, -0.05) is 84.9 Å². The van der Waals surface area contributed by atoms with E-state index in [1.54, 1.807) is 78.9 Å². The summed E-state index contributed by atoms with van der Waals surface area (Å²) in [7, 11) is 1.52. The van der Waals surface area contributed by atoms with Crippen molar-refractivity contribution in [3.63, 3.8) is 0 Å². The Balaban J connectivity index is 0.929. The summed E-state index contributed by atoms with van der Waals surface area (Å²) in [5.74, 6) is -0.371. The number of piperidine rings is 1. The SMILES string of the molecule is COc1cc(NC(=O)COc2cccc(C(O)(C(=O)OCC3CCN(Cc4ccccc4)CC3)c3ccccc3)c2)ccc1CNCC(O)c1ccc(O)c2[nH]c(=O)ccc12. The Kier molecular flexibility index (Phi) is 13.8. The number of benzene rings is 5. The highest BCUT2D eigenvalue weighted by Gasteiger charge is 2.42. The van der Waals surface area contributed by atoms with E-state index in [4.69, 9.17) is 14.2 Å². The number of phenolic OH excluding ortho intramolecular Hbond substituents is 1. The predicted molar refractivity (Wildman–Crippen MR) is 231 cm³/mol. The summed E-state index contributed by atoms with van der Waals surface area (Å²) in [6.07, 6.45) is 0.813. The number of rotatable bonds is 17. The zero-order valence-electron chi connectivity index (χ0n) is 33.9. The van der Waals surface area contributed by atoms with Crippen molar-refractivity contribution in [3.05, 3.63) is 166 Å². The number of aliphatic hydroxyl groups excluding tert-OH is 1. The van der Waals surface area contributed by atoms with Gasteiger partial charge in [0, 0.05) is 54.0 Å². The third kappa shape index (κ3) is 10.5. The molecule has 13 heteroatoms. The number of nitrogens with zero attached hydrogens (tertiary/aromatic N) is 1. The van der Waals surface area contributed by atoms with E-state index in [0.29, 0.717) is 34.5 Å². The fourth-order valence-electron chi connectivity index (χ4n) is 7.66. The molecule has 1 aliphatic heterocycles. The van der Waals surface area contributed by atoms with Gasteiger partial charge in [-0.2, -0.15) is 0 Å². The van der Waals surface area contributed by atoms with Gasteiger partial charge in [0.05, 0.1) is 25.3 Å². The van der Waals surface area contributed by atoms with Crippen LogP contribution in [0.15, 0.2) is 132 Å². The number of H-pyrrole nitrogens is 1. The molecule has 0 radical (unpaired) electrons. The largest absolute Gasteiger partial charge is 0.506 e. The van der Waals surface area contributed by atoms with Crippen molar-refractivity contribution in [2.45, 2.75) is 37.6 Å². The van der Waals surface area contributed by atoms with Crippen LogP contribution >= 0.6 is 0 Å². The van der Waals surface area contributed by atoms with Gasteiger partial charge in [0.25, 0.3) is 5.91 Å². The van der Waals surface area contributed by atoms with Crippen molar-refractivity contribution in [1.29, 1.82) is 0 Å². The molecule has 5 aromatic carbocycles. The number of likely N-dealkylation sites (tertiary alicyclic amines) is 1. The number of carbonyl (C=O) groups is 2. The molecule has 1 saturated heterocycles. The number of hydrogen-bond donors (Lipinski definition) is 6. The van der Waals surface area contributed by atoms with Crippen LogP contribution in [0.1, 0.15) is 46.8 Å². The molecule has 1 amide bonds. The molecule has 6 aromatic rings. The lowest BCUT2D eigenvalue weighted by molar-refractivity contribution is -0.164. The Labute approximate surface area is 353 Å². The first-order valence-electron chi connectivity index (χ1n) is 20.3. The molecule has 1 aliphatic rings. The number of pyridine rings is 1. The molecule has 2 heterocycles. The molecular weight excluding hydrogens is 777 g/mol. The number of esters is 1. The standard InChI is InChI=1S/C48H50N4O9/c1-59-43-26-37(16-15-34(43)27-49-28-42(54)39-17-19-41(53)46-40(39)18-20-44(55)51-46)50-45(56)31-60-38-14-8-13-36(25-38)48(58,35-11-6-3-7-12-35)47(57)61-30-33-21-23-52(24-22-33)29-32-9-4-2-5-10-32/h2-20,25-26,33,42,49,53-54,58H,21-24,27-31H2,1H3,(H,50,56)(H,51,55). The molecule has 0 spiro atoms. The Morgan fingerprint density at radius 1 is 0.885 bits per heavy atom. The number of nitrogens with one attached hydrogen (secondary N) is 3. The molecule has 7 rings (SSSR count). The van der Waals surface area contributed by atoms with Crippen molar-refractivity contribution in [1.82, 2.24) is 15.2 Å². The van der Waals surface area contributed by atoms with Crippen molar-refractivity contribution in [3.8, 4) is 17.2 Å². The van der Waals surface area contributed by atoms with Crippen molar-refractivity contribution in [2.75, 3.05) is 45.3 Å². The van der Waals surface area contributed by atoms with E-state index in [9.17, 15) is 29.7 Å². The van der Waals surface area contributed by atoms with Gasteiger partial charge in [-0.05, 0) is 78.9 Å². The predicted octanol–water partition coefficient (Wildman–Crippen LogP) is 5.77. The minimum absolute atomic E-state index is 0.0860. The van der Waals surface area contributed by atoms with E-state index >= 15 is 0 Å². The summed E-state index contributed by atoms with van der Waals surface area (Å²) in [5, 5.41) is 39.8. The van der Waals surface area contributed by atoms with Crippen LogP contribution in [-0.4, -0.2) is 77.0 Å². The smallest absolute Gasteiger partial charge is 0.347 e. The third-order valence-corrected chi connectivity index (χ3v) is 11.0. The molecule has 0 aliphatic carbocycles. The lowest BCUT2D eigenvalue weighted by Crippen LogP contribution is -2.40. The zero-order chi connectivity index (χ0) is 42.8. The number of phenols is 1. The van der Waals surface area contributed by atoms with Gasteiger partial charge in [-0.25, -0.2) is 4.79 Å². The van der Waals surface area contributed by atoms with Gasteiger partial charge in [-0.3, -0.25) is 14.5 Å². The number of amides is 1. The summed E-state index contributed by atoms with van der Waals surface area (Å²) >= 11 is 0. The second-order valence-corrected chi connectivity index (χ2v) is 15.2. The fourth-order valence-corrected chi connectivity index (χ4v) is 7.66. The first-order valence-corrected chi connectivity index (χ1v) is 20.3. The number of fused-ring (bicyclic) bond motifs is 1. The minimum atomic E-state index is -2.12. The number of aromatic nitrogens is 1. The molecule has 0 bridgehead atoms. The van der Waals surface area contributed by atoms with Gasteiger partial charge in [-0.15, -0.1) is 0 Å². The second-order valence-electron chi connectivity index (χ2n) is 15.2. The number of anilines is 1. The molecule has 1 fully saturated rings. The van der Waals surface area contributed by atoms with E-state index in [1.807, 2.05) is 18.2 Å². The monoisotopic (exact) mass is 826 g/mol. The van der Waals surface area contributed by atoms with Gasteiger partial charge in [0.15, 0.2) is 6.61 Å². The van der Waals surface area contributed by atoms with Crippen LogP contribution in [0.3, 0.4) is 0 Å². The number of aromatic amines is 1. The topological polar surface area (TPSA) is 183 Å². The number of methoxy groups -OCH3 is 1. The number of ether oxygens (including phenoxy) is 3. The third-order valence-electron chi connectivity index (χ3n) is 11.0. The maximum absolute atomic E-state index is 13.9. The molecular formula is C48H50N4O9. The molecule has 13 nitrogen and oxygen atoms in total. The molecule has 6 N–H and O–H groups in total. The van der Waals surface area contributed by atoms with Gasteiger partial charge in [0.2, 0.25) is 11.2 Å². The first kappa shape index (κ1) is 42.6. The molecule has 2 atom stereocenters. The lowest BCUT2D eigenvalue weighted by Gasteiger charge is -2.33. The van der Waals surface area contributed by atoms with Crippen LogP contribution in [0.5, 0.6) is 17.2 Å². The normalized spacial score (nSPS) is 14.8. The van der Waals surface area contributed by atoms with Gasteiger partial charge < -0.3 is 45.1 Å². The molecule has 61 heavy (non-hydrogen) atoms. The van der Waals surface area contributed by atoms with Crippen LogP contribution < -0.4 is 25.7 Å². The Morgan fingerprint density at radius 3 is 2.38 bits per heavy atom. The molecule has 2 unspecified atom stereocenters. The summed E-state index contributed by atoms with van der Waals surface area (Å²) < 4.78 is 17.3. The van der Waals surface area contributed by atoms with Crippen molar-refractivity contribution < 1.29 is 39.1 Å². The Hall–Kier alpha value is -6.51. The van der Waals surface area contributed by atoms with E-state index in [2.05, 4.69) is 32.7 Å². The van der Waals surface area contributed by atoms with Gasteiger partial charge >= 0.3 is 5.97 Å². The minimum Gasteiger partial charge on any atom is -0.506 e. The van der Waals surface area contributed by atoms with Crippen LogP contribution in [-0.2, 0) is 33.0 Å². The summed E-state index contributed by atoms with van der Waals surface area (Å²) in [4.78, 5) is 43.7. The fraction of sp³-hybridized carbons (Fsp3) is 0.271. The van der Waals surface area contributed by atoms with Crippen molar-refractivity contribution in [2.24, 2.45) is 5.92 Å². The summed E-state index contributed by atoms with van der Waals surface area (Å²) in [5.41, 5.74) is 1.42. The number of hydrogen-bond acceptors (Lipinski definition) is 11. The number of carbonyl (C=O) groups excluding carboxylic acids is 2. The summed E-state index contributed by atoms with van der Waals surface area (Å²) in [6, 6.07) is 36.6. The van der Waals surface area contributed by atoms with E-state index in [1.165, 1.54) is 30.9 Å².